The number of carbonyl (C=O) groups is 2. The Bertz CT molecular complexity index is 955. The monoisotopic (exact) mass is 405 g/mol. The van der Waals surface area contributed by atoms with Gasteiger partial charge in [-0.05, 0) is 60.8 Å². The van der Waals surface area contributed by atoms with E-state index in [0.29, 0.717) is 25.4 Å². The van der Waals surface area contributed by atoms with Crippen LogP contribution in [0.4, 0.5) is 5.69 Å². The van der Waals surface area contributed by atoms with Crippen LogP contribution in [0.1, 0.15) is 57.1 Å². The molecule has 0 bridgehead atoms. The van der Waals surface area contributed by atoms with Crippen molar-refractivity contribution in [2.24, 2.45) is 17.3 Å². The van der Waals surface area contributed by atoms with Crippen molar-refractivity contribution in [2.45, 2.75) is 51.6 Å². The smallest absolute Gasteiger partial charge is 0.163 e. The van der Waals surface area contributed by atoms with Crippen molar-refractivity contribution in [1.82, 2.24) is 0 Å². The molecule has 1 aromatic rings. The molecule has 0 amide bonds. The predicted molar refractivity (Wildman–Crippen MR) is 117 cm³/mol. The minimum absolute atomic E-state index is 0.0199. The maximum Gasteiger partial charge on any atom is 0.163 e. The molecule has 3 aliphatic carbocycles. The van der Waals surface area contributed by atoms with E-state index >= 15 is 0 Å². The molecule has 30 heavy (non-hydrogen) atoms. The molecule has 4 heteroatoms. The van der Waals surface area contributed by atoms with Crippen LogP contribution in [-0.4, -0.2) is 32.3 Å². The summed E-state index contributed by atoms with van der Waals surface area (Å²) in [6.45, 7) is 2.67. The van der Waals surface area contributed by atoms with E-state index in [9.17, 15) is 9.59 Å². The molecule has 158 valence electrons. The molecule has 4 unspecified atom stereocenters. The van der Waals surface area contributed by atoms with Crippen LogP contribution in [0.5, 0.6) is 0 Å². The number of benzene rings is 1. The molecule has 4 aliphatic rings. The second-order valence-corrected chi connectivity index (χ2v) is 9.91. The number of carbonyl (C=O) groups excluding carboxylic acids is 2. The number of fused-ring (bicyclic) bond motifs is 4. The third-order valence-corrected chi connectivity index (χ3v) is 7.90. The van der Waals surface area contributed by atoms with Gasteiger partial charge in [0.1, 0.15) is 0 Å². The van der Waals surface area contributed by atoms with Gasteiger partial charge in [-0.15, -0.1) is 0 Å². The standard InChI is InChI=1S/C26H31NO3/c1-26-15-30-23(17-7-10-19(11-8-17)27(2)3)14-18(26)13-22(29)24-20-6-4-5-16(20)9-12-21(28)25(24)26/h6-8,10-11,16,18,23H,4-5,9,12-15H2,1-3H3. The van der Waals surface area contributed by atoms with Gasteiger partial charge in [0.2, 0.25) is 0 Å². The van der Waals surface area contributed by atoms with Crippen LogP contribution in [0.15, 0.2) is 47.1 Å². The van der Waals surface area contributed by atoms with E-state index in [1.54, 1.807) is 0 Å². The summed E-state index contributed by atoms with van der Waals surface area (Å²) >= 11 is 0. The zero-order chi connectivity index (χ0) is 21.0. The van der Waals surface area contributed by atoms with Crippen molar-refractivity contribution < 1.29 is 14.3 Å². The number of ketones is 2. The summed E-state index contributed by atoms with van der Waals surface area (Å²) in [4.78, 5) is 28.7. The van der Waals surface area contributed by atoms with Gasteiger partial charge >= 0.3 is 0 Å². The molecule has 1 heterocycles. The molecule has 5 rings (SSSR count). The Labute approximate surface area is 179 Å². The summed E-state index contributed by atoms with van der Waals surface area (Å²) in [5, 5.41) is 0. The lowest BCUT2D eigenvalue weighted by Gasteiger charge is -2.48. The normalized spacial score (nSPS) is 33.4. The quantitative estimate of drug-likeness (QED) is 0.709. The highest BCUT2D eigenvalue weighted by atomic mass is 16.5. The van der Waals surface area contributed by atoms with Crippen molar-refractivity contribution in [3.05, 3.63) is 52.6 Å². The second kappa shape index (κ2) is 7.19. The molecule has 1 aromatic carbocycles. The van der Waals surface area contributed by atoms with E-state index in [-0.39, 0.29) is 29.0 Å². The maximum absolute atomic E-state index is 13.3. The first-order chi connectivity index (χ1) is 14.4. The molecule has 1 fully saturated rings. The molecule has 1 saturated heterocycles. The van der Waals surface area contributed by atoms with Crippen molar-refractivity contribution >= 4 is 17.3 Å². The lowest BCUT2D eigenvalue weighted by Crippen LogP contribution is -2.47. The number of rotatable bonds is 2. The van der Waals surface area contributed by atoms with Crippen molar-refractivity contribution in [2.75, 3.05) is 25.6 Å². The molecule has 4 nitrogen and oxygen atoms in total. The van der Waals surface area contributed by atoms with Crippen molar-refractivity contribution in [1.29, 1.82) is 0 Å². The molecule has 4 atom stereocenters. The first kappa shape index (κ1) is 19.7. The van der Waals surface area contributed by atoms with Gasteiger partial charge in [0.15, 0.2) is 11.6 Å². The van der Waals surface area contributed by atoms with E-state index in [4.69, 9.17) is 4.74 Å². The van der Waals surface area contributed by atoms with E-state index in [1.165, 1.54) is 5.57 Å². The average molecular weight is 406 g/mol. The highest BCUT2D eigenvalue weighted by molar-refractivity contribution is 6.12. The molecular formula is C26H31NO3. The van der Waals surface area contributed by atoms with E-state index < -0.39 is 0 Å². The molecule has 1 aliphatic heterocycles. The number of nitrogens with zero attached hydrogens (tertiary/aromatic N) is 1. The Hall–Kier alpha value is -2.20. The summed E-state index contributed by atoms with van der Waals surface area (Å²) < 4.78 is 6.39. The van der Waals surface area contributed by atoms with E-state index in [2.05, 4.69) is 42.2 Å². The minimum atomic E-state index is -0.362. The largest absolute Gasteiger partial charge is 0.378 e. The maximum atomic E-state index is 13.3. The topological polar surface area (TPSA) is 46.6 Å². The predicted octanol–water partition coefficient (Wildman–Crippen LogP) is 4.81. The Morgan fingerprint density at radius 1 is 1.07 bits per heavy atom. The van der Waals surface area contributed by atoms with Gasteiger partial charge in [0, 0.05) is 49.2 Å². The van der Waals surface area contributed by atoms with Crippen molar-refractivity contribution in [3.63, 3.8) is 0 Å². The first-order valence-electron chi connectivity index (χ1n) is 11.3. The van der Waals surface area contributed by atoms with Crippen molar-refractivity contribution in [3.8, 4) is 0 Å². The average Bonchev–Trinajstić information content (AvgIpc) is 3.14. The highest BCUT2D eigenvalue weighted by Gasteiger charge is 2.53. The van der Waals surface area contributed by atoms with Gasteiger partial charge in [0.05, 0.1) is 12.7 Å². The van der Waals surface area contributed by atoms with Crippen LogP contribution in [0.3, 0.4) is 0 Å². The molecule has 0 spiro atoms. The minimum Gasteiger partial charge on any atom is -0.378 e. The van der Waals surface area contributed by atoms with Crippen LogP contribution >= 0.6 is 0 Å². The zero-order valence-electron chi connectivity index (χ0n) is 18.2. The number of hydrogen-bond donors (Lipinski definition) is 0. The number of anilines is 1. The number of ether oxygens (including phenoxy) is 1. The molecule has 0 N–H and O–H groups in total. The van der Waals surface area contributed by atoms with Crippen LogP contribution in [0.2, 0.25) is 0 Å². The van der Waals surface area contributed by atoms with Crippen LogP contribution in [0.25, 0.3) is 0 Å². The lowest BCUT2D eigenvalue weighted by atomic mass is 9.59. The van der Waals surface area contributed by atoms with Gasteiger partial charge in [-0.3, -0.25) is 9.59 Å². The van der Waals surface area contributed by atoms with E-state index in [1.807, 2.05) is 14.1 Å². The lowest BCUT2D eigenvalue weighted by molar-refractivity contribution is -0.131. The second-order valence-electron chi connectivity index (χ2n) is 9.91. The molecule has 0 radical (unpaired) electrons. The Kier molecular flexibility index (Phi) is 4.73. The molecule has 0 aromatic heterocycles. The summed E-state index contributed by atoms with van der Waals surface area (Å²) in [7, 11) is 4.06. The highest BCUT2D eigenvalue weighted by Crippen LogP contribution is 2.55. The third kappa shape index (κ3) is 2.99. The summed E-state index contributed by atoms with van der Waals surface area (Å²) in [5.41, 5.74) is 4.68. The third-order valence-electron chi connectivity index (χ3n) is 7.90. The number of Topliss-reactive ketones (excluding diaryl/α,β-unsaturated/α-hetero) is 2. The Morgan fingerprint density at radius 2 is 1.83 bits per heavy atom. The van der Waals surface area contributed by atoms with Gasteiger partial charge in [-0.25, -0.2) is 0 Å². The SMILES string of the molecule is CN(C)c1ccc(C2CC3CC(=O)C4=C(C(=O)CCC5CCC=C45)C3(C)CO2)cc1. The van der Waals surface area contributed by atoms with Crippen LogP contribution in [0, 0.1) is 17.3 Å². The number of hydrogen-bond acceptors (Lipinski definition) is 4. The number of allylic oxidation sites excluding steroid dienone is 3. The summed E-state index contributed by atoms with van der Waals surface area (Å²) in [6.07, 6.45) is 7.07. The fourth-order valence-corrected chi connectivity index (χ4v) is 6.10. The fourth-order valence-electron chi connectivity index (χ4n) is 6.10. The van der Waals surface area contributed by atoms with Gasteiger partial charge < -0.3 is 9.64 Å². The van der Waals surface area contributed by atoms with Gasteiger partial charge in [-0.1, -0.05) is 25.1 Å². The molecule has 0 saturated carbocycles. The van der Waals surface area contributed by atoms with Gasteiger partial charge in [0.25, 0.3) is 0 Å². The van der Waals surface area contributed by atoms with E-state index in [0.717, 1.165) is 48.1 Å². The Morgan fingerprint density at radius 3 is 2.57 bits per heavy atom. The summed E-state index contributed by atoms with van der Waals surface area (Å²) in [5.74, 6) is 0.902. The zero-order valence-corrected chi connectivity index (χ0v) is 18.2. The summed E-state index contributed by atoms with van der Waals surface area (Å²) in [6, 6.07) is 8.48. The van der Waals surface area contributed by atoms with Crippen LogP contribution in [-0.2, 0) is 14.3 Å². The van der Waals surface area contributed by atoms with Gasteiger partial charge in [-0.2, -0.15) is 0 Å². The Balaban J connectivity index is 1.48. The fraction of sp³-hybridized carbons (Fsp3) is 0.538. The van der Waals surface area contributed by atoms with Crippen LogP contribution < -0.4 is 4.90 Å². The molecular weight excluding hydrogens is 374 g/mol. The first-order valence-corrected chi connectivity index (χ1v) is 11.3.